The third kappa shape index (κ3) is 5.28. The van der Waals surface area contributed by atoms with E-state index in [1.54, 1.807) is 25.1 Å². The molecule has 0 radical (unpaired) electrons. The Morgan fingerprint density at radius 2 is 1.70 bits per heavy atom. The van der Waals surface area contributed by atoms with Gasteiger partial charge in [0.25, 0.3) is 0 Å². The van der Waals surface area contributed by atoms with Crippen molar-refractivity contribution in [3.63, 3.8) is 0 Å². The lowest BCUT2D eigenvalue weighted by Crippen LogP contribution is -2.70. The number of amides is 2. The summed E-state index contributed by atoms with van der Waals surface area (Å²) in [6.45, 7) is 9.60. The highest BCUT2D eigenvalue weighted by Gasteiger charge is 2.51. The van der Waals surface area contributed by atoms with Gasteiger partial charge in [-0.05, 0) is 68.5 Å². The van der Waals surface area contributed by atoms with E-state index in [2.05, 4.69) is 19.2 Å². The van der Waals surface area contributed by atoms with Crippen molar-refractivity contribution in [3.05, 3.63) is 59.7 Å². The number of carbonyl (C=O) groups is 2. The molecule has 0 aliphatic carbocycles. The maximum atomic E-state index is 13.5. The minimum absolute atomic E-state index is 0.0974. The van der Waals surface area contributed by atoms with E-state index in [4.69, 9.17) is 0 Å². The Bertz CT molecular complexity index is 1110. The van der Waals surface area contributed by atoms with Crippen LogP contribution in [0.1, 0.15) is 38.3 Å². The van der Waals surface area contributed by atoms with Crippen LogP contribution in [0.15, 0.2) is 53.4 Å². The first-order valence-corrected chi connectivity index (χ1v) is 12.6. The molecule has 1 N–H and O–H groups in total. The van der Waals surface area contributed by atoms with Crippen molar-refractivity contribution in [1.29, 1.82) is 0 Å². The molecule has 2 aromatic carbocycles. The first-order valence-electron chi connectivity index (χ1n) is 11.2. The second-order valence-corrected chi connectivity index (χ2v) is 11.3. The molecule has 1 aliphatic rings. The Morgan fingerprint density at radius 3 is 2.27 bits per heavy atom. The van der Waals surface area contributed by atoms with Gasteiger partial charge in [-0.2, -0.15) is 4.31 Å². The average Bonchev–Trinajstić information content (AvgIpc) is 2.72. The molecule has 2 amide bonds. The smallest absolute Gasteiger partial charge is 0.247 e. The molecule has 1 heterocycles. The highest BCUT2D eigenvalue weighted by Crippen LogP contribution is 2.33. The van der Waals surface area contributed by atoms with Crippen LogP contribution in [0, 0.1) is 19.8 Å². The van der Waals surface area contributed by atoms with E-state index in [0.29, 0.717) is 18.2 Å². The van der Waals surface area contributed by atoms with Gasteiger partial charge in [0.15, 0.2) is 0 Å². The largest absolute Gasteiger partial charge is 0.354 e. The number of sulfonamides is 1. The summed E-state index contributed by atoms with van der Waals surface area (Å²) in [6, 6.07) is 13.7. The van der Waals surface area contributed by atoms with Crippen LogP contribution in [-0.2, 0) is 19.6 Å². The van der Waals surface area contributed by atoms with Crippen molar-refractivity contribution in [3.8, 4) is 0 Å². The Balaban J connectivity index is 2.03. The summed E-state index contributed by atoms with van der Waals surface area (Å²) in [5, 5.41) is 2.93. The lowest BCUT2D eigenvalue weighted by Gasteiger charge is -2.46. The van der Waals surface area contributed by atoms with Crippen molar-refractivity contribution >= 4 is 27.5 Å². The van der Waals surface area contributed by atoms with Crippen molar-refractivity contribution in [2.75, 3.05) is 24.5 Å². The van der Waals surface area contributed by atoms with Gasteiger partial charge >= 0.3 is 0 Å². The minimum atomic E-state index is -3.95. The fourth-order valence-corrected chi connectivity index (χ4v) is 5.73. The number of nitrogens with one attached hydrogen (secondary N) is 1. The highest BCUT2D eigenvalue weighted by atomic mass is 32.2. The Labute approximate surface area is 196 Å². The molecule has 33 heavy (non-hydrogen) atoms. The zero-order valence-electron chi connectivity index (χ0n) is 20.0. The number of anilines is 1. The third-order valence-corrected chi connectivity index (χ3v) is 7.69. The van der Waals surface area contributed by atoms with Gasteiger partial charge in [0.2, 0.25) is 21.8 Å². The van der Waals surface area contributed by atoms with E-state index in [9.17, 15) is 18.0 Å². The van der Waals surface area contributed by atoms with Crippen LogP contribution < -0.4 is 10.2 Å². The Kier molecular flexibility index (Phi) is 7.29. The summed E-state index contributed by atoms with van der Waals surface area (Å²) in [6.07, 6.45) is 0.783. The van der Waals surface area contributed by atoms with Gasteiger partial charge in [0, 0.05) is 18.8 Å². The van der Waals surface area contributed by atoms with Gasteiger partial charge in [-0.15, -0.1) is 0 Å². The fourth-order valence-electron chi connectivity index (χ4n) is 4.23. The molecule has 7 nitrogen and oxygen atoms in total. The molecule has 0 aromatic heterocycles. The number of rotatable bonds is 7. The standard InChI is InChI=1S/C25H33N3O4S/c1-18(2)11-12-26-24(30)25(5)17-27(33(31,32)22-9-7-6-8-10-22)16-23(29)28(25)21-14-19(3)13-20(4)15-21/h6-10,13-15,18H,11-12,16-17H2,1-5H3,(H,26,30)/t25-/m1/s1. The number of aryl methyl sites for hydroxylation is 2. The molecule has 1 aliphatic heterocycles. The molecule has 178 valence electrons. The van der Waals surface area contributed by atoms with Gasteiger partial charge in [0.05, 0.1) is 11.4 Å². The van der Waals surface area contributed by atoms with Crippen LogP contribution in [0.2, 0.25) is 0 Å². The number of piperazine rings is 1. The quantitative estimate of drug-likeness (QED) is 0.672. The molecule has 1 fully saturated rings. The molecule has 1 atom stereocenters. The molecule has 1 saturated heterocycles. The normalized spacial score (nSPS) is 19.7. The van der Waals surface area contributed by atoms with Crippen LogP contribution in [-0.4, -0.2) is 49.7 Å². The van der Waals surface area contributed by atoms with Crippen molar-refractivity contribution in [2.45, 2.75) is 51.5 Å². The van der Waals surface area contributed by atoms with Gasteiger partial charge in [-0.3, -0.25) is 14.5 Å². The molecule has 0 unspecified atom stereocenters. The first-order chi connectivity index (χ1) is 15.4. The molecule has 0 spiro atoms. The average molecular weight is 472 g/mol. The molecule has 0 bridgehead atoms. The van der Waals surface area contributed by atoms with E-state index < -0.39 is 21.5 Å². The maximum Gasteiger partial charge on any atom is 0.247 e. The molecular formula is C25H33N3O4S. The molecule has 2 aromatic rings. The molecule has 8 heteroatoms. The summed E-state index contributed by atoms with van der Waals surface area (Å²) < 4.78 is 27.8. The minimum Gasteiger partial charge on any atom is -0.354 e. The van der Waals surface area contributed by atoms with Crippen LogP contribution in [0.4, 0.5) is 5.69 Å². The number of nitrogens with zero attached hydrogens (tertiary/aromatic N) is 2. The van der Waals surface area contributed by atoms with E-state index in [1.807, 2.05) is 32.0 Å². The lowest BCUT2D eigenvalue weighted by atomic mass is 9.93. The summed E-state index contributed by atoms with van der Waals surface area (Å²) in [5.74, 6) is -0.410. The maximum absolute atomic E-state index is 13.5. The van der Waals surface area contributed by atoms with Gasteiger partial charge in [0.1, 0.15) is 5.54 Å². The van der Waals surface area contributed by atoms with Crippen molar-refractivity contribution in [1.82, 2.24) is 9.62 Å². The van der Waals surface area contributed by atoms with E-state index >= 15 is 0 Å². The summed E-state index contributed by atoms with van der Waals surface area (Å²) in [4.78, 5) is 28.5. The van der Waals surface area contributed by atoms with E-state index in [0.717, 1.165) is 21.9 Å². The van der Waals surface area contributed by atoms with Crippen molar-refractivity contribution in [2.24, 2.45) is 5.92 Å². The number of carbonyl (C=O) groups excluding carboxylic acids is 2. The van der Waals surface area contributed by atoms with Crippen LogP contribution >= 0.6 is 0 Å². The van der Waals surface area contributed by atoms with E-state index in [1.165, 1.54) is 17.0 Å². The summed E-state index contributed by atoms with van der Waals surface area (Å²) in [5.41, 5.74) is 1.10. The zero-order valence-corrected chi connectivity index (χ0v) is 20.8. The monoisotopic (exact) mass is 471 g/mol. The highest BCUT2D eigenvalue weighted by molar-refractivity contribution is 7.89. The van der Waals surface area contributed by atoms with E-state index in [-0.39, 0.29) is 23.9 Å². The summed E-state index contributed by atoms with van der Waals surface area (Å²) in [7, 11) is -3.95. The predicted octanol–water partition coefficient (Wildman–Crippen LogP) is 3.26. The number of hydrogen-bond donors (Lipinski definition) is 1. The first kappa shape index (κ1) is 24.9. The summed E-state index contributed by atoms with van der Waals surface area (Å²) >= 11 is 0. The molecular weight excluding hydrogens is 438 g/mol. The Hall–Kier alpha value is -2.71. The molecule has 0 saturated carbocycles. The SMILES string of the molecule is Cc1cc(C)cc(N2C(=O)CN(S(=O)(=O)c3ccccc3)C[C@]2(C)C(=O)NCCC(C)C)c1. The number of hydrogen-bond acceptors (Lipinski definition) is 4. The fraction of sp³-hybridized carbons (Fsp3) is 0.440. The number of benzene rings is 2. The van der Waals surface area contributed by atoms with Gasteiger partial charge in [-0.25, -0.2) is 8.42 Å². The zero-order chi connectivity index (χ0) is 24.4. The van der Waals surface area contributed by atoms with Crippen LogP contribution in [0.3, 0.4) is 0 Å². The van der Waals surface area contributed by atoms with Crippen molar-refractivity contribution < 1.29 is 18.0 Å². The Morgan fingerprint density at radius 1 is 1.09 bits per heavy atom. The topological polar surface area (TPSA) is 86.8 Å². The second-order valence-electron chi connectivity index (χ2n) is 9.37. The van der Waals surface area contributed by atoms with Crippen LogP contribution in [0.25, 0.3) is 0 Å². The van der Waals surface area contributed by atoms with Crippen LogP contribution in [0.5, 0.6) is 0 Å². The third-order valence-electron chi connectivity index (χ3n) is 5.88. The second kappa shape index (κ2) is 9.65. The van der Waals surface area contributed by atoms with Gasteiger partial charge < -0.3 is 5.32 Å². The van der Waals surface area contributed by atoms with Gasteiger partial charge in [-0.1, -0.05) is 38.1 Å². The lowest BCUT2D eigenvalue weighted by molar-refractivity contribution is -0.132. The molecule has 3 rings (SSSR count). The predicted molar refractivity (Wildman–Crippen MR) is 129 cm³/mol.